The molecule has 0 saturated heterocycles. The third-order valence-corrected chi connectivity index (χ3v) is 4.72. The van der Waals surface area contributed by atoms with Crippen LogP contribution in [0.2, 0.25) is 0 Å². The van der Waals surface area contributed by atoms with Crippen molar-refractivity contribution in [3.8, 4) is 0 Å². The van der Waals surface area contributed by atoms with Crippen LogP contribution < -0.4 is 0 Å². The van der Waals surface area contributed by atoms with Gasteiger partial charge in [0.05, 0.1) is 0 Å². The SMILES string of the molecule is CC12CC3CC(CC(C3)C1N=O)C2. The van der Waals surface area contributed by atoms with Crippen molar-refractivity contribution < 1.29 is 0 Å². The average Bonchev–Trinajstić information content (AvgIpc) is 2.00. The Morgan fingerprint density at radius 2 is 1.77 bits per heavy atom. The molecule has 4 saturated carbocycles. The van der Waals surface area contributed by atoms with Crippen molar-refractivity contribution in [2.24, 2.45) is 28.3 Å². The molecule has 4 aliphatic rings. The second-order valence-electron chi connectivity index (χ2n) is 5.81. The van der Waals surface area contributed by atoms with Crippen LogP contribution in [0.1, 0.15) is 39.0 Å². The van der Waals surface area contributed by atoms with E-state index in [-0.39, 0.29) is 11.5 Å². The van der Waals surface area contributed by atoms with Crippen LogP contribution in [-0.4, -0.2) is 6.04 Å². The summed E-state index contributed by atoms with van der Waals surface area (Å²) in [5, 5.41) is 3.41. The van der Waals surface area contributed by atoms with E-state index in [2.05, 4.69) is 12.1 Å². The number of nitrogens with zero attached hydrogens (tertiary/aromatic N) is 1. The second kappa shape index (κ2) is 2.34. The smallest absolute Gasteiger partial charge is 0.100 e. The maximum absolute atomic E-state index is 10.9. The first-order chi connectivity index (χ1) is 6.21. The highest BCUT2D eigenvalue weighted by molar-refractivity contribution is 5.07. The van der Waals surface area contributed by atoms with Gasteiger partial charge < -0.3 is 0 Å². The highest BCUT2D eigenvalue weighted by atomic mass is 16.3. The highest BCUT2D eigenvalue weighted by Gasteiger charge is 2.55. The second-order valence-corrected chi connectivity index (χ2v) is 5.81. The molecular weight excluding hydrogens is 162 g/mol. The minimum atomic E-state index is 0.153. The molecule has 0 aliphatic heterocycles. The Labute approximate surface area is 79.1 Å². The molecule has 0 spiro atoms. The molecule has 72 valence electrons. The largest absolute Gasteiger partial charge is 0.150 e. The van der Waals surface area contributed by atoms with Gasteiger partial charge >= 0.3 is 0 Å². The molecular formula is C11H17NO. The molecule has 0 radical (unpaired) electrons. The lowest BCUT2D eigenvalue weighted by atomic mass is 9.48. The van der Waals surface area contributed by atoms with E-state index in [9.17, 15) is 4.91 Å². The molecule has 0 aromatic rings. The van der Waals surface area contributed by atoms with E-state index in [1.807, 2.05) is 0 Å². The minimum absolute atomic E-state index is 0.153. The summed E-state index contributed by atoms with van der Waals surface area (Å²) in [6.45, 7) is 2.30. The fraction of sp³-hybridized carbons (Fsp3) is 1.00. The fourth-order valence-electron chi connectivity index (χ4n) is 4.63. The van der Waals surface area contributed by atoms with Crippen LogP contribution in [0.15, 0.2) is 5.18 Å². The average molecular weight is 179 g/mol. The zero-order chi connectivity index (χ0) is 9.05. The monoisotopic (exact) mass is 179 g/mol. The summed E-state index contributed by atoms with van der Waals surface area (Å²) in [6, 6.07) is 0.153. The first-order valence-corrected chi connectivity index (χ1v) is 5.54. The summed E-state index contributed by atoms with van der Waals surface area (Å²) < 4.78 is 0. The maximum Gasteiger partial charge on any atom is 0.100 e. The molecule has 13 heavy (non-hydrogen) atoms. The van der Waals surface area contributed by atoms with Crippen LogP contribution in [0.25, 0.3) is 0 Å². The zero-order valence-corrected chi connectivity index (χ0v) is 8.20. The van der Waals surface area contributed by atoms with Crippen molar-refractivity contribution in [3.05, 3.63) is 4.91 Å². The van der Waals surface area contributed by atoms with Gasteiger partial charge in [0.25, 0.3) is 0 Å². The molecule has 3 atom stereocenters. The van der Waals surface area contributed by atoms with Crippen LogP contribution in [0.5, 0.6) is 0 Å². The highest BCUT2D eigenvalue weighted by Crippen LogP contribution is 2.60. The van der Waals surface area contributed by atoms with Crippen molar-refractivity contribution in [1.82, 2.24) is 0 Å². The first kappa shape index (κ1) is 7.95. The minimum Gasteiger partial charge on any atom is -0.150 e. The van der Waals surface area contributed by atoms with Gasteiger partial charge in [-0.05, 0) is 55.3 Å². The van der Waals surface area contributed by atoms with Crippen LogP contribution in [-0.2, 0) is 0 Å². The molecule has 0 amide bonds. The molecule has 2 nitrogen and oxygen atoms in total. The van der Waals surface area contributed by atoms with Crippen molar-refractivity contribution in [3.63, 3.8) is 0 Å². The quantitative estimate of drug-likeness (QED) is 0.569. The summed E-state index contributed by atoms with van der Waals surface area (Å²) >= 11 is 0. The van der Waals surface area contributed by atoms with E-state index < -0.39 is 0 Å². The Hall–Kier alpha value is -0.400. The Bertz CT molecular complexity index is 236. The summed E-state index contributed by atoms with van der Waals surface area (Å²) in [4.78, 5) is 10.9. The van der Waals surface area contributed by atoms with Crippen molar-refractivity contribution in [1.29, 1.82) is 0 Å². The molecule has 0 aromatic carbocycles. The zero-order valence-electron chi connectivity index (χ0n) is 8.20. The van der Waals surface area contributed by atoms with Crippen molar-refractivity contribution in [2.45, 2.75) is 45.1 Å². The Balaban J connectivity index is 1.98. The molecule has 4 fully saturated rings. The lowest BCUT2D eigenvalue weighted by Gasteiger charge is -2.57. The summed E-state index contributed by atoms with van der Waals surface area (Å²) in [6.07, 6.45) is 6.58. The molecule has 4 rings (SSSR count). The lowest BCUT2D eigenvalue weighted by Crippen LogP contribution is -2.53. The topological polar surface area (TPSA) is 29.4 Å². The van der Waals surface area contributed by atoms with Crippen molar-refractivity contribution in [2.75, 3.05) is 0 Å². The Kier molecular flexibility index (Phi) is 1.43. The van der Waals surface area contributed by atoms with E-state index in [1.165, 1.54) is 32.1 Å². The van der Waals surface area contributed by atoms with Gasteiger partial charge in [0.15, 0.2) is 0 Å². The van der Waals surface area contributed by atoms with Gasteiger partial charge in [0.1, 0.15) is 6.04 Å². The van der Waals surface area contributed by atoms with Crippen molar-refractivity contribution >= 4 is 0 Å². The first-order valence-electron chi connectivity index (χ1n) is 5.54. The third kappa shape index (κ3) is 0.947. The predicted molar refractivity (Wildman–Crippen MR) is 51.2 cm³/mol. The van der Waals surface area contributed by atoms with Gasteiger partial charge in [-0.1, -0.05) is 12.1 Å². The summed E-state index contributed by atoms with van der Waals surface area (Å²) in [7, 11) is 0. The van der Waals surface area contributed by atoms with Crippen LogP contribution >= 0.6 is 0 Å². The molecule has 2 heteroatoms. The third-order valence-electron chi connectivity index (χ3n) is 4.72. The molecule has 4 aliphatic carbocycles. The van der Waals surface area contributed by atoms with Gasteiger partial charge in [0.2, 0.25) is 0 Å². The van der Waals surface area contributed by atoms with Gasteiger partial charge in [-0.3, -0.25) is 0 Å². The standard InChI is InChI=1S/C11H17NO/c1-11-5-7-2-8(6-11)4-9(3-7)10(11)12-13/h7-10H,2-6H2,1H3. The number of hydrogen-bond donors (Lipinski definition) is 0. The molecule has 0 aromatic heterocycles. The maximum atomic E-state index is 10.9. The summed E-state index contributed by atoms with van der Waals surface area (Å²) in [5.74, 6) is 2.51. The molecule has 0 heterocycles. The van der Waals surface area contributed by atoms with E-state index in [4.69, 9.17) is 0 Å². The van der Waals surface area contributed by atoms with E-state index in [0.717, 1.165) is 11.8 Å². The number of hydrogen-bond acceptors (Lipinski definition) is 2. The fourth-order valence-corrected chi connectivity index (χ4v) is 4.63. The molecule has 3 unspecified atom stereocenters. The van der Waals surface area contributed by atoms with Crippen LogP contribution in [0, 0.1) is 28.1 Å². The summed E-state index contributed by atoms with van der Waals surface area (Å²) in [5.41, 5.74) is 0.288. The Morgan fingerprint density at radius 3 is 2.23 bits per heavy atom. The molecule has 4 bridgehead atoms. The van der Waals surface area contributed by atoms with E-state index in [0.29, 0.717) is 5.92 Å². The Morgan fingerprint density at radius 1 is 1.15 bits per heavy atom. The van der Waals surface area contributed by atoms with E-state index >= 15 is 0 Å². The predicted octanol–water partition coefficient (Wildman–Crippen LogP) is 2.97. The van der Waals surface area contributed by atoms with Gasteiger partial charge in [-0.25, -0.2) is 0 Å². The van der Waals surface area contributed by atoms with Gasteiger partial charge in [-0.2, -0.15) is 4.91 Å². The molecule has 0 N–H and O–H groups in total. The van der Waals surface area contributed by atoms with Crippen LogP contribution in [0.4, 0.5) is 0 Å². The van der Waals surface area contributed by atoms with Crippen LogP contribution in [0.3, 0.4) is 0 Å². The number of rotatable bonds is 1. The number of nitroso groups, excluding NO2 is 1. The normalized spacial score (nSPS) is 58.2. The van der Waals surface area contributed by atoms with Gasteiger partial charge in [0, 0.05) is 0 Å². The lowest BCUT2D eigenvalue weighted by molar-refractivity contribution is -0.0602. The van der Waals surface area contributed by atoms with E-state index in [1.54, 1.807) is 0 Å². The van der Waals surface area contributed by atoms with Gasteiger partial charge in [-0.15, -0.1) is 0 Å².